The number of carbonyl (C=O) groups is 1. The van der Waals surface area contributed by atoms with E-state index in [0.717, 1.165) is 56.4 Å². The highest BCUT2D eigenvalue weighted by Crippen LogP contribution is 2.29. The zero-order valence-corrected chi connectivity index (χ0v) is 15.2. The molecule has 7 heteroatoms. The molecule has 1 amide bonds. The fraction of sp³-hybridized carbons (Fsp3) is 0.706. The van der Waals surface area contributed by atoms with Crippen LogP contribution in [0.4, 0.5) is 5.82 Å². The summed E-state index contributed by atoms with van der Waals surface area (Å²) in [4.78, 5) is 28.1. The fourth-order valence-corrected chi connectivity index (χ4v) is 3.54. The van der Waals surface area contributed by atoms with E-state index in [0.29, 0.717) is 6.54 Å². The molecular formula is C17H28N6O. The molecule has 1 aromatic rings. The van der Waals surface area contributed by atoms with Gasteiger partial charge in [0.2, 0.25) is 5.91 Å². The Morgan fingerprint density at radius 1 is 1.33 bits per heavy atom. The monoisotopic (exact) mass is 332 g/mol. The van der Waals surface area contributed by atoms with Gasteiger partial charge in [-0.1, -0.05) is 0 Å². The van der Waals surface area contributed by atoms with E-state index in [9.17, 15) is 4.79 Å². The third kappa shape index (κ3) is 3.52. The molecule has 0 aliphatic carbocycles. The van der Waals surface area contributed by atoms with Gasteiger partial charge in [-0.15, -0.1) is 0 Å². The number of likely N-dealkylation sites (N-methyl/N-ethyl adjacent to an activating group) is 2. The van der Waals surface area contributed by atoms with Crippen LogP contribution in [0.1, 0.15) is 29.4 Å². The molecule has 0 spiro atoms. The van der Waals surface area contributed by atoms with Gasteiger partial charge in [-0.3, -0.25) is 4.79 Å². The van der Waals surface area contributed by atoms with Gasteiger partial charge >= 0.3 is 0 Å². The number of nitrogens with one attached hydrogen (secondary N) is 1. The van der Waals surface area contributed by atoms with Gasteiger partial charge in [0, 0.05) is 44.7 Å². The SMILES string of the molecule is CNc1nc([C@@H]2CCN(C(=O)CN(C)C)C2)nc2c1CCN(C)C2. The number of carbonyl (C=O) groups excluding carboxylic acids is 1. The predicted octanol–water partition coefficient (Wildman–Crippen LogP) is 0.384. The number of aromatic nitrogens is 2. The summed E-state index contributed by atoms with van der Waals surface area (Å²) in [5.41, 5.74) is 2.38. The van der Waals surface area contributed by atoms with Crippen molar-refractivity contribution in [3.8, 4) is 0 Å². The van der Waals surface area contributed by atoms with Crippen molar-refractivity contribution in [3.05, 3.63) is 17.1 Å². The molecule has 0 radical (unpaired) electrons. The molecule has 1 aromatic heterocycles. The summed E-state index contributed by atoms with van der Waals surface area (Å²) >= 11 is 0. The van der Waals surface area contributed by atoms with Gasteiger partial charge in [0.1, 0.15) is 11.6 Å². The van der Waals surface area contributed by atoms with Crippen LogP contribution in [0.3, 0.4) is 0 Å². The quantitative estimate of drug-likeness (QED) is 0.860. The molecule has 7 nitrogen and oxygen atoms in total. The van der Waals surface area contributed by atoms with Crippen LogP contribution >= 0.6 is 0 Å². The van der Waals surface area contributed by atoms with Gasteiger partial charge in [-0.2, -0.15) is 0 Å². The lowest BCUT2D eigenvalue weighted by Crippen LogP contribution is -2.36. The zero-order valence-electron chi connectivity index (χ0n) is 15.2. The molecule has 1 fully saturated rings. The lowest BCUT2D eigenvalue weighted by atomic mass is 10.0. The number of anilines is 1. The molecule has 0 unspecified atom stereocenters. The van der Waals surface area contributed by atoms with Crippen LogP contribution in [0.2, 0.25) is 0 Å². The second-order valence-electron chi connectivity index (χ2n) is 7.16. The van der Waals surface area contributed by atoms with Crippen LogP contribution in [0.25, 0.3) is 0 Å². The Balaban J connectivity index is 1.78. The number of nitrogens with zero attached hydrogens (tertiary/aromatic N) is 5. The maximum absolute atomic E-state index is 12.3. The summed E-state index contributed by atoms with van der Waals surface area (Å²) in [5, 5.41) is 3.24. The molecule has 1 atom stereocenters. The summed E-state index contributed by atoms with van der Waals surface area (Å²) in [6, 6.07) is 0. The normalized spacial score (nSPS) is 21.2. The minimum Gasteiger partial charge on any atom is -0.373 e. The summed E-state index contributed by atoms with van der Waals surface area (Å²) < 4.78 is 0. The van der Waals surface area contributed by atoms with E-state index in [-0.39, 0.29) is 11.8 Å². The number of rotatable bonds is 4. The smallest absolute Gasteiger partial charge is 0.236 e. The maximum Gasteiger partial charge on any atom is 0.236 e. The van der Waals surface area contributed by atoms with Gasteiger partial charge < -0.3 is 20.0 Å². The molecule has 2 aliphatic heterocycles. The van der Waals surface area contributed by atoms with Crippen molar-refractivity contribution in [2.75, 3.05) is 59.7 Å². The first-order valence-corrected chi connectivity index (χ1v) is 8.66. The predicted molar refractivity (Wildman–Crippen MR) is 94.1 cm³/mol. The average Bonchev–Trinajstić information content (AvgIpc) is 3.03. The van der Waals surface area contributed by atoms with Crippen LogP contribution < -0.4 is 5.32 Å². The molecule has 1 N–H and O–H groups in total. The van der Waals surface area contributed by atoms with Crippen molar-refractivity contribution in [2.45, 2.75) is 25.3 Å². The maximum atomic E-state index is 12.3. The lowest BCUT2D eigenvalue weighted by molar-refractivity contribution is -0.130. The minimum absolute atomic E-state index is 0.189. The molecule has 3 heterocycles. The van der Waals surface area contributed by atoms with Crippen LogP contribution in [0, 0.1) is 0 Å². The average molecular weight is 332 g/mol. The second-order valence-corrected chi connectivity index (χ2v) is 7.16. The van der Waals surface area contributed by atoms with Gasteiger partial charge in [0.25, 0.3) is 0 Å². The van der Waals surface area contributed by atoms with E-state index in [4.69, 9.17) is 9.97 Å². The van der Waals surface area contributed by atoms with Gasteiger partial charge in [0.05, 0.1) is 12.2 Å². The first kappa shape index (κ1) is 17.1. The van der Waals surface area contributed by atoms with E-state index >= 15 is 0 Å². The highest BCUT2D eigenvalue weighted by Gasteiger charge is 2.31. The Morgan fingerprint density at radius 3 is 2.83 bits per heavy atom. The first-order valence-electron chi connectivity index (χ1n) is 8.66. The van der Waals surface area contributed by atoms with Gasteiger partial charge in [-0.25, -0.2) is 9.97 Å². The standard InChI is InChI=1S/C17H28N6O/c1-18-17-13-6-7-22(4)10-14(13)19-16(20-17)12-5-8-23(9-12)15(24)11-21(2)3/h12H,5-11H2,1-4H3,(H,18,19,20)/t12-/m1/s1. The summed E-state index contributed by atoms with van der Waals surface area (Å²) in [5.74, 6) is 2.27. The van der Waals surface area contributed by atoms with Crippen molar-refractivity contribution in [2.24, 2.45) is 0 Å². The molecule has 24 heavy (non-hydrogen) atoms. The largest absolute Gasteiger partial charge is 0.373 e. The van der Waals surface area contributed by atoms with Crippen molar-refractivity contribution in [1.82, 2.24) is 24.7 Å². The third-order valence-corrected chi connectivity index (χ3v) is 4.87. The molecule has 0 bridgehead atoms. The highest BCUT2D eigenvalue weighted by molar-refractivity contribution is 5.78. The zero-order chi connectivity index (χ0) is 17.3. The molecule has 0 saturated carbocycles. The van der Waals surface area contributed by atoms with Crippen LogP contribution in [-0.4, -0.2) is 84.9 Å². The molecule has 2 aliphatic rings. The Bertz CT molecular complexity index is 617. The van der Waals surface area contributed by atoms with Gasteiger partial charge in [0.15, 0.2) is 0 Å². The number of amides is 1. The number of fused-ring (bicyclic) bond motifs is 1. The minimum atomic E-state index is 0.189. The molecular weight excluding hydrogens is 304 g/mol. The van der Waals surface area contributed by atoms with Crippen molar-refractivity contribution >= 4 is 11.7 Å². The van der Waals surface area contributed by atoms with Crippen molar-refractivity contribution in [3.63, 3.8) is 0 Å². The van der Waals surface area contributed by atoms with E-state index < -0.39 is 0 Å². The highest BCUT2D eigenvalue weighted by atomic mass is 16.2. The van der Waals surface area contributed by atoms with Crippen molar-refractivity contribution in [1.29, 1.82) is 0 Å². The van der Waals surface area contributed by atoms with Crippen LogP contribution in [0.5, 0.6) is 0 Å². The van der Waals surface area contributed by atoms with E-state index in [1.165, 1.54) is 5.56 Å². The molecule has 0 aromatic carbocycles. The van der Waals surface area contributed by atoms with Crippen molar-refractivity contribution < 1.29 is 4.79 Å². The Labute approximate surface area is 144 Å². The Kier molecular flexibility index (Phi) is 5.01. The van der Waals surface area contributed by atoms with E-state index in [2.05, 4.69) is 17.3 Å². The van der Waals surface area contributed by atoms with Gasteiger partial charge in [-0.05, 0) is 34.0 Å². The number of hydrogen-bond acceptors (Lipinski definition) is 6. The summed E-state index contributed by atoms with van der Waals surface area (Å²) in [6.07, 6.45) is 1.93. The summed E-state index contributed by atoms with van der Waals surface area (Å²) in [7, 11) is 7.90. The van der Waals surface area contributed by atoms with E-state index in [1.807, 2.05) is 30.9 Å². The summed E-state index contributed by atoms with van der Waals surface area (Å²) in [6.45, 7) is 3.90. The topological polar surface area (TPSA) is 64.6 Å². The lowest BCUT2D eigenvalue weighted by Gasteiger charge is -2.26. The molecule has 3 rings (SSSR count). The second kappa shape index (κ2) is 7.03. The van der Waals surface area contributed by atoms with E-state index in [1.54, 1.807) is 0 Å². The van der Waals surface area contributed by atoms with Crippen LogP contribution in [0.15, 0.2) is 0 Å². The Hall–Kier alpha value is -1.73. The Morgan fingerprint density at radius 2 is 2.12 bits per heavy atom. The molecule has 1 saturated heterocycles. The number of hydrogen-bond donors (Lipinski definition) is 1. The number of likely N-dealkylation sites (tertiary alicyclic amines) is 1. The van der Waals surface area contributed by atoms with Crippen LogP contribution in [-0.2, 0) is 17.8 Å². The third-order valence-electron chi connectivity index (χ3n) is 4.87. The molecule has 132 valence electrons. The fourth-order valence-electron chi connectivity index (χ4n) is 3.54. The first-order chi connectivity index (χ1) is 11.5.